The van der Waals surface area contributed by atoms with Crippen LogP contribution in [0.4, 0.5) is 4.79 Å². The number of benzene rings is 1. The number of alkyl carbamates (subject to hydrolysis) is 1. The molecule has 2 aromatic rings. The number of carbonyl (C=O) groups is 5. The molecule has 37 heavy (non-hydrogen) atoms. The molecule has 2 amide bonds. The molecule has 0 radical (unpaired) electrons. The predicted molar refractivity (Wildman–Crippen MR) is 130 cm³/mol. The lowest BCUT2D eigenvalue weighted by Crippen LogP contribution is -2.48. The molecule has 5 N–H and O–H groups in total. The second-order valence-corrected chi connectivity index (χ2v) is 8.03. The van der Waals surface area contributed by atoms with Gasteiger partial charge < -0.3 is 30.9 Å². The summed E-state index contributed by atoms with van der Waals surface area (Å²) in [4.78, 5) is 63.0. The van der Waals surface area contributed by atoms with Crippen LogP contribution in [0.2, 0.25) is 0 Å². The average Bonchev–Trinajstić information content (AvgIpc) is 2.90. The van der Waals surface area contributed by atoms with E-state index in [1.807, 2.05) is 30.3 Å². The minimum atomic E-state index is -1.39. The summed E-state index contributed by atoms with van der Waals surface area (Å²) in [6, 6.07) is 9.77. The van der Waals surface area contributed by atoms with Gasteiger partial charge in [-0.1, -0.05) is 30.3 Å². The zero-order valence-corrected chi connectivity index (χ0v) is 20.1. The van der Waals surface area contributed by atoms with Gasteiger partial charge in [-0.15, -0.1) is 0 Å². The molecule has 1 aromatic heterocycles. The molecule has 12 nitrogen and oxygen atoms in total. The van der Waals surface area contributed by atoms with Gasteiger partial charge in [0.25, 0.3) is 0 Å². The smallest absolute Gasteiger partial charge is 0.407 e. The lowest BCUT2D eigenvalue weighted by atomic mass is 10.1. The van der Waals surface area contributed by atoms with Crippen molar-refractivity contribution in [2.24, 2.45) is 5.73 Å². The Morgan fingerprint density at radius 3 is 2.43 bits per heavy atom. The Bertz CT molecular complexity index is 1050. The maximum Gasteiger partial charge on any atom is 0.407 e. The van der Waals surface area contributed by atoms with Crippen molar-refractivity contribution in [2.45, 2.75) is 50.8 Å². The Hall–Kier alpha value is -4.32. The number of nitrogens with one attached hydrogen (secondary N) is 2. The highest BCUT2D eigenvalue weighted by molar-refractivity contribution is 5.96. The number of carboxylic acids is 1. The maximum atomic E-state index is 12.3. The van der Waals surface area contributed by atoms with Gasteiger partial charge >= 0.3 is 24.0 Å². The number of hydrogen-bond donors (Lipinski definition) is 4. The summed E-state index contributed by atoms with van der Waals surface area (Å²) in [5.74, 6) is -3.89. The molecule has 2 rings (SSSR count). The topological polar surface area (TPSA) is 187 Å². The van der Waals surface area contributed by atoms with Gasteiger partial charge in [-0.25, -0.2) is 14.4 Å². The summed E-state index contributed by atoms with van der Waals surface area (Å²) in [6.45, 7) is 0.473. The van der Waals surface area contributed by atoms with Crippen LogP contribution < -0.4 is 16.4 Å². The van der Waals surface area contributed by atoms with Crippen molar-refractivity contribution in [1.29, 1.82) is 0 Å². The lowest BCUT2D eigenvalue weighted by molar-refractivity contribution is -0.143. The number of pyridine rings is 1. The summed E-state index contributed by atoms with van der Waals surface area (Å²) in [5, 5.41) is 14.3. The highest BCUT2D eigenvalue weighted by Gasteiger charge is 2.25. The van der Waals surface area contributed by atoms with Crippen molar-refractivity contribution < 1.29 is 38.6 Å². The van der Waals surface area contributed by atoms with Gasteiger partial charge in [-0.3, -0.25) is 14.6 Å². The van der Waals surface area contributed by atoms with Crippen LogP contribution in [0.5, 0.6) is 0 Å². The monoisotopic (exact) mass is 514 g/mol. The average molecular weight is 515 g/mol. The van der Waals surface area contributed by atoms with Crippen molar-refractivity contribution in [3.05, 3.63) is 66.0 Å². The number of aromatic nitrogens is 1. The minimum Gasteiger partial charge on any atom is -0.480 e. The van der Waals surface area contributed by atoms with Crippen LogP contribution in [0, 0.1) is 0 Å². The molecule has 0 aliphatic carbocycles. The standard InChI is InChI=1S/C25H30N4O8/c26-19(10-4-5-14-28-25(35)36-16-17-7-2-1-3-8-17)22(31)29-20(23(32)33)11-12-21(30)37-24(34)18-9-6-13-27-15-18/h1-3,6-9,13,15,19-20H,4-5,10-12,14,16,26H2,(H,28,35)(H,29,31)(H,32,33)/t19-,20+/m0/s1. The molecule has 0 fully saturated rings. The normalized spacial score (nSPS) is 12.0. The highest BCUT2D eigenvalue weighted by atomic mass is 16.6. The number of esters is 2. The number of nitrogens with zero attached hydrogens (tertiary/aromatic N) is 1. The summed E-state index contributed by atoms with van der Waals surface area (Å²) in [6.07, 6.45) is 2.69. The molecule has 1 heterocycles. The molecule has 1 aromatic carbocycles. The van der Waals surface area contributed by atoms with E-state index in [-0.39, 0.29) is 25.0 Å². The van der Waals surface area contributed by atoms with Crippen LogP contribution >= 0.6 is 0 Å². The second-order valence-electron chi connectivity index (χ2n) is 8.03. The third-order valence-corrected chi connectivity index (χ3v) is 5.12. The van der Waals surface area contributed by atoms with Gasteiger partial charge in [-0.2, -0.15) is 0 Å². The fourth-order valence-corrected chi connectivity index (χ4v) is 3.08. The van der Waals surface area contributed by atoms with Crippen molar-refractivity contribution in [3.63, 3.8) is 0 Å². The molecule has 2 atom stereocenters. The predicted octanol–water partition coefficient (Wildman–Crippen LogP) is 1.54. The van der Waals surface area contributed by atoms with E-state index in [1.165, 1.54) is 24.5 Å². The van der Waals surface area contributed by atoms with Crippen molar-refractivity contribution >= 4 is 29.9 Å². The number of aliphatic carboxylic acids is 1. The van der Waals surface area contributed by atoms with Gasteiger partial charge in [0.15, 0.2) is 0 Å². The number of unbranched alkanes of at least 4 members (excludes halogenated alkanes) is 1. The molecule has 0 aliphatic heterocycles. The van der Waals surface area contributed by atoms with Crippen LogP contribution in [0.3, 0.4) is 0 Å². The zero-order valence-electron chi connectivity index (χ0n) is 20.1. The molecule has 0 aliphatic rings. The number of rotatable bonds is 14. The van der Waals surface area contributed by atoms with Gasteiger partial charge in [-0.05, 0) is 43.4 Å². The van der Waals surface area contributed by atoms with E-state index < -0.39 is 48.4 Å². The molecule has 198 valence electrons. The zero-order chi connectivity index (χ0) is 27.0. The molecule has 12 heteroatoms. The lowest BCUT2D eigenvalue weighted by Gasteiger charge is -2.17. The fraction of sp³-hybridized carbons (Fsp3) is 0.360. The first kappa shape index (κ1) is 28.9. The molecule has 0 bridgehead atoms. The largest absolute Gasteiger partial charge is 0.480 e. The van der Waals surface area contributed by atoms with E-state index in [2.05, 4.69) is 20.4 Å². The van der Waals surface area contributed by atoms with E-state index in [0.717, 1.165) is 5.56 Å². The van der Waals surface area contributed by atoms with E-state index in [1.54, 1.807) is 0 Å². The van der Waals surface area contributed by atoms with Crippen LogP contribution in [0.1, 0.15) is 48.0 Å². The molecule has 0 saturated carbocycles. The Morgan fingerprint density at radius 1 is 1.00 bits per heavy atom. The van der Waals surface area contributed by atoms with Gasteiger partial charge in [0.2, 0.25) is 5.91 Å². The van der Waals surface area contributed by atoms with E-state index in [4.69, 9.17) is 10.5 Å². The van der Waals surface area contributed by atoms with Crippen LogP contribution in [0.25, 0.3) is 0 Å². The SMILES string of the molecule is N[C@@H](CCCCNC(=O)OCc1ccccc1)C(=O)N[C@H](CCC(=O)OC(=O)c1cccnc1)C(=O)O. The third-order valence-electron chi connectivity index (χ3n) is 5.12. The van der Waals surface area contributed by atoms with Gasteiger partial charge in [0, 0.05) is 25.4 Å². The summed E-state index contributed by atoms with van der Waals surface area (Å²) < 4.78 is 9.76. The number of amides is 2. The number of carbonyl (C=O) groups excluding carboxylic acids is 4. The number of nitrogens with two attached hydrogens (primary N) is 1. The summed E-state index contributed by atoms with van der Waals surface area (Å²) in [7, 11) is 0. The summed E-state index contributed by atoms with van der Waals surface area (Å²) in [5.41, 5.74) is 6.79. The molecular formula is C25H30N4O8. The number of ether oxygens (including phenoxy) is 2. The van der Waals surface area contributed by atoms with E-state index in [0.29, 0.717) is 19.4 Å². The number of hydrogen-bond acceptors (Lipinski definition) is 9. The van der Waals surface area contributed by atoms with Gasteiger partial charge in [0.1, 0.15) is 12.6 Å². The molecule has 0 unspecified atom stereocenters. The first-order valence-corrected chi connectivity index (χ1v) is 11.6. The fourth-order valence-electron chi connectivity index (χ4n) is 3.08. The Balaban J connectivity index is 1.63. The maximum absolute atomic E-state index is 12.3. The van der Waals surface area contributed by atoms with Gasteiger partial charge in [0.05, 0.1) is 11.6 Å². The van der Waals surface area contributed by atoms with Crippen molar-refractivity contribution in [2.75, 3.05) is 6.54 Å². The first-order chi connectivity index (χ1) is 17.8. The molecular weight excluding hydrogens is 484 g/mol. The first-order valence-electron chi connectivity index (χ1n) is 11.6. The second kappa shape index (κ2) is 15.6. The van der Waals surface area contributed by atoms with Crippen molar-refractivity contribution in [1.82, 2.24) is 15.6 Å². The Morgan fingerprint density at radius 2 is 1.76 bits per heavy atom. The quantitative estimate of drug-likeness (QED) is 0.164. The number of carboxylic acid groups (broad SMARTS) is 1. The Kier molecular flexibility index (Phi) is 12.2. The van der Waals surface area contributed by atoms with Crippen LogP contribution in [-0.4, -0.2) is 58.6 Å². The highest BCUT2D eigenvalue weighted by Crippen LogP contribution is 2.06. The molecule has 0 saturated heterocycles. The van der Waals surface area contributed by atoms with Crippen molar-refractivity contribution in [3.8, 4) is 0 Å². The van der Waals surface area contributed by atoms with E-state index in [9.17, 15) is 29.1 Å². The molecule has 0 spiro atoms. The van der Waals surface area contributed by atoms with Crippen LogP contribution in [0.15, 0.2) is 54.9 Å². The van der Waals surface area contributed by atoms with E-state index >= 15 is 0 Å². The minimum absolute atomic E-state index is 0.0733. The summed E-state index contributed by atoms with van der Waals surface area (Å²) >= 11 is 0. The third kappa shape index (κ3) is 11.3. The Labute approximate surface area is 213 Å². The van der Waals surface area contributed by atoms with Crippen LogP contribution in [-0.2, 0) is 30.5 Å².